The van der Waals surface area contributed by atoms with E-state index in [9.17, 15) is 4.79 Å². The van der Waals surface area contributed by atoms with E-state index in [1.165, 1.54) is 49.0 Å². The Morgan fingerprint density at radius 3 is 2.83 bits per heavy atom. The van der Waals surface area contributed by atoms with Gasteiger partial charge in [0, 0.05) is 31.1 Å². The number of amides is 1. The molecule has 29 heavy (non-hydrogen) atoms. The molecule has 0 bridgehead atoms. The molecule has 0 atom stereocenters. The van der Waals surface area contributed by atoms with Crippen LogP contribution in [-0.4, -0.2) is 55.7 Å². The summed E-state index contributed by atoms with van der Waals surface area (Å²) in [4.78, 5) is 20.4. The Balaban J connectivity index is 0.00000300. The van der Waals surface area contributed by atoms with Crippen LogP contribution in [0.5, 0.6) is 0 Å². The molecular formula is C21H35IN4O2S. The summed E-state index contributed by atoms with van der Waals surface area (Å²) in [6.07, 6.45) is 8.99. The third-order valence-corrected chi connectivity index (χ3v) is 6.45. The number of ether oxygens (including phenoxy) is 1. The van der Waals surface area contributed by atoms with E-state index in [4.69, 9.17) is 4.74 Å². The quantitative estimate of drug-likeness (QED) is 0.185. The van der Waals surface area contributed by atoms with Crippen molar-refractivity contribution in [1.82, 2.24) is 15.5 Å². The predicted octanol–water partition coefficient (Wildman–Crippen LogP) is 3.55. The zero-order valence-corrected chi connectivity index (χ0v) is 20.6. The van der Waals surface area contributed by atoms with E-state index in [0.717, 1.165) is 19.5 Å². The second-order valence-corrected chi connectivity index (χ2v) is 8.54. The van der Waals surface area contributed by atoms with E-state index >= 15 is 0 Å². The number of halogens is 1. The molecule has 0 radical (unpaired) electrons. The number of rotatable bonds is 7. The summed E-state index contributed by atoms with van der Waals surface area (Å²) in [7, 11) is 0. The fourth-order valence-corrected chi connectivity index (χ4v) is 4.74. The Labute approximate surface area is 195 Å². The van der Waals surface area contributed by atoms with Crippen LogP contribution in [0.1, 0.15) is 55.9 Å². The van der Waals surface area contributed by atoms with Crippen LogP contribution >= 0.6 is 35.3 Å². The standard InChI is InChI=1S/C21H34N4O2S.HI/c1-2-22-21(23-11-13-27-18-7-5-3-4-6-8-18)24-15-20(26)25-12-9-19-17(16-25)10-14-28-19;/h10,14,18H,2-9,11-13,15-16H2,1H3,(H2,22,23,24);1H. The molecule has 0 spiro atoms. The largest absolute Gasteiger partial charge is 0.376 e. The first-order chi connectivity index (χ1) is 13.8. The van der Waals surface area contributed by atoms with Crippen molar-refractivity contribution in [2.75, 3.05) is 32.8 Å². The minimum absolute atomic E-state index is 0. The summed E-state index contributed by atoms with van der Waals surface area (Å²) in [5.74, 6) is 0.775. The topological polar surface area (TPSA) is 66.0 Å². The van der Waals surface area contributed by atoms with Gasteiger partial charge in [-0.25, -0.2) is 4.99 Å². The first-order valence-electron chi connectivity index (χ1n) is 10.7. The van der Waals surface area contributed by atoms with Gasteiger partial charge in [-0.15, -0.1) is 35.3 Å². The molecule has 6 nitrogen and oxygen atoms in total. The molecule has 1 aliphatic heterocycles. The van der Waals surface area contributed by atoms with Gasteiger partial charge >= 0.3 is 0 Å². The second kappa shape index (κ2) is 13.4. The lowest BCUT2D eigenvalue weighted by atomic mass is 10.1. The number of hydrogen-bond donors (Lipinski definition) is 2. The summed E-state index contributed by atoms with van der Waals surface area (Å²) in [6.45, 7) is 5.87. The molecule has 2 aliphatic rings. The summed E-state index contributed by atoms with van der Waals surface area (Å²) in [5.41, 5.74) is 1.29. The third-order valence-electron chi connectivity index (χ3n) is 5.43. The van der Waals surface area contributed by atoms with Gasteiger partial charge in [-0.3, -0.25) is 4.79 Å². The highest BCUT2D eigenvalue weighted by Crippen LogP contribution is 2.24. The molecule has 1 aromatic rings. The van der Waals surface area contributed by atoms with E-state index < -0.39 is 0 Å². The lowest BCUT2D eigenvalue weighted by molar-refractivity contribution is -0.130. The first-order valence-corrected chi connectivity index (χ1v) is 11.6. The number of aliphatic imine (C=N–C) groups is 1. The Hall–Kier alpha value is -0.870. The van der Waals surface area contributed by atoms with Crippen LogP contribution in [0.2, 0.25) is 0 Å². The van der Waals surface area contributed by atoms with Crippen molar-refractivity contribution in [2.24, 2.45) is 4.99 Å². The number of hydrogen-bond acceptors (Lipinski definition) is 4. The predicted molar refractivity (Wildman–Crippen MR) is 130 cm³/mol. The Morgan fingerprint density at radius 1 is 1.28 bits per heavy atom. The number of carbonyl (C=O) groups excluding carboxylic acids is 1. The molecule has 3 rings (SSSR count). The van der Waals surface area contributed by atoms with Crippen molar-refractivity contribution in [3.63, 3.8) is 0 Å². The number of fused-ring (bicyclic) bond motifs is 1. The number of thiophene rings is 1. The van der Waals surface area contributed by atoms with Gasteiger partial charge in [-0.2, -0.15) is 0 Å². The van der Waals surface area contributed by atoms with Crippen LogP contribution in [0.4, 0.5) is 0 Å². The van der Waals surface area contributed by atoms with Crippen LogP contribution in [0.25, 0.3) is 0 Å². The van der Waals surface area contributed by atoms with Crippen molar-refractivity contribution in [3.05, 3.63) is 21.9 Å². The van der Waals surface area contributed by atoms with Gasteiger partial charge in [0.15, 0.2) is 5.96 Å². The molecule has 8 heteroatoms. The lowest BCUT2D eigenvalue weighted by Crippen LogP contribution is -2.41. The van der Waals surface area contributed by atoms with Gasteiger partial charge in [0.1, 0.15) is 6.54 Å². The van der Waals surface area contributed by atoms with Gasteiger partial charge in [0.05, 0.1) is 12.7 Å². The van der Waals surface area contributed by atoms with E-state index in [0.29, 0.717) is 31.8 Å². The van der Waals surface area contributed by atoms with Crippen LogP contribution in [0.3, 0.4) is 0 Å². The monoisotopic (exact) mass is 534 g/mol. The average Bonchev–Trinajstić information content (AvgIpc) is 3.03. The fraction of sp³-hybridized carbons (Fsp3) is 0.714. The van der Waals surface area contributed by atoms with Crippen LogP contribution < -0.4 is 10.6 Å². The molecule has 1 aliphatic carbocycles. The molecule has 164 valence electrons. The zero-order chi connectivity index (χ0) is 19.6. The highest BCUT2D eigenvalue weighted by atomic mass is 127. The second-order valence-electron chi connectivity index (χ2n) is 7.54. The fourth-order valence-electron chi connectivity index (χ4n) is 3.85. The van der Waals surface area contributed by atoms with Crippen molar-refractivity contribution in [2.45, 2.75) is 64.5 Å². The summed E-state index contributed by atoms with van der Waals surface area (Å²) < 4.78 is 6.02. The minimum atomic E-state index is 0. The Morgan fingerprint density at radius 2 is 2.07 bits per heavy atom. The maximum Gasteiger partial charge on any atom is 0.244 e. The summed E-state index contributed by atoms with van der Waals surface area (Å²) in [6, 6.07) is 2.13. The molecule has 1 saturated carbocycles. The number of nitrogens with one attached hydrogen (secondary N) is 2. The number of nitrogens with zero attached hydrogens (tertiary/aromatic N) is 2. The summed E-state index contributed by atoms with van der Waals surface area (Å²) >= 11 is 1.79. The van der Waals surface area contributed by atoms with Gasteiger partial charge in [0.25, 0.3) is 0 Å². The third kappa shape index (κ3) is 8.05. The molecule has 0 unspecified atom stereocenters. The highest BCUT2D eigenvalue weighted by Gasteiger charge is 2.21. The van der Waals surface area contributed by atoms with E-state index in [1.54, 1.807) is 11.3 Å². The minimum Gasteiger partial charge on any atom is -0.376 e. The van der Waals surface area contributed by atoms with E-state index in [2.05, 4.69) is 27.1 Å². The van der Waals surface area contributed by atoms with Crippen molar-refractivity contribution < 1.29 is 9.53 Å². The van der Waals surface area contributed by atoms with Crippen LogP contribution in [0, 0.1) is 0 Å². The molecule has 2 N–H and O–H groups in total. The molecule has 0 aromatic carbocycles. The normalized spacial score (nSPS) is 17.8. The van der Waals surface area contributed by atoms with Crippen molar-refractivity contribution in [1.29, 1.82) is 0 Å². The first kappa shape index (κ1) is 24.4. The smallest absolute Gasteiger partial charge is 0.244 e. The van der Waals surface area contributed by atoms with Crippen LogP contribution in [0.15, 0.2) is 16.4 Å². The number of guanidine groups is 1. The van der Waals surface area contributed by atoms with Gasteiger partial charge in [0.2, 0.25) is 5.91 Å². The zero-order valence-electron chi connectivity index (χ0n) is 17.5. The van der Waals surface area contributed by atoms with Crippen molar-refractivity contribution in [3.8, 4) is 0 Å². The van der Waals surface area contributed by atoms with Gasteiger partial charge < -0.3 is 20.3 Å². The van der Waals surface area contributed by atoms with Gasteiger partial charge in [-0.05, 0) is 43.2 Å². The molecule has 0 saturated heterocycles. The molecular weight excluding hydrogens is 499 g/mol. The Kier molecular flexibility index (Phi) is 11.3. The van der Waals surface area contributed by atoms with Crippen LogP contribution in [-0.2, 0) is 22.5 Å². The maximum absolute atomic E-state index is 12.5. The SMILES string of the molecule is CCNC(=NCC(=O)N1CCc2sccc2C1)NCCOC1CCCCCC1.I. The average molecular weight is 535 g/mol. The number of carbonyl (C=O) groups is 1. The van der Waals surface area contributed by atoms with Gasteiger partial charge in [-0.1, -0.05) is 25.7 Å². The van der Waals surface area contributed by atoms with E-state index in [-0.39, 0.29) is 36.4 Å². The molecule has 1 amide bonds. The highest BCUT2D eigenvalue weighted by molar-refractivity contribution is 14.0. The van der Waals surface area contributed by atoms with E-state index in [1.807, 2.05) is 11.8 Å². The maximum atomic E-state index is 12.5. The molecule has 1 aromatic heterocycles. The molecule has 2 heterocycles. The molecule has 1 fully saturated rings. The Bertz CT molecular complexity index is 644. The lowest BCUT2D eigenvalue weighted by Gasteiger charge is -2.26. The van der Waals surface area contributed by atoms with Crippen molar-refractivity contribution >= 4 is 47.2 Å². The summed E-state index contributed by atoms with van der Waals surface area (Å²) in [5, 5.41) is 8.62.